The number of ketones is 1. The Morgan fingerprint density at radius 1 is 0.933 bits per heavy atom. The van der Waals surface area contributed by atoms with E-state index in [-0.39, 0.29) is 53.8 Å². The minimum Gasteiger partial charge on any atom is -0.481 e. The van der Waals surface area contributed by atoms with E-state index in [0.717, 1.165) is 38.5 Å². The van der Waals surface area contributed by atoms with Gasteiger partial charge in [-0.15, -0.1) is 0 Å². The Kier molecular flexibility index (Phi) is 8.96. The predicted molar refractivity (Wildman–Crippen MR) is 173 cm³/mol. The van der Waals surface area contributed by atoms with Gasteiger partial charge in [-0.1, -0.05) is 53.2 Å². The molecule has 4 fully saturated rings. The second-order valence-corrected chi connectivity index (χ2v) is 18.9. The van der Waals surface area contributed by atoms with E-state index in [2.05, 4.69) is 47.6 Å². The molecule has 0 aliphatic heterocycles. The van der Waals surface area contributed by atoms with Gasteiger partial charge in [0.25, 0.3) is 0 Å². The Bertz CT molecular complexity index is 1290. The lowest BCUT2D eigenvalue weighted by Crippen LogP contribution is -2.66. The molecule has 0 unspecified atom stereocenters. The lowest BCUT2D eigenvalue weighted by molar-refractivity contribution is -0.203. The van der Waals surface area contributed by atoms with E-state index in [1.54, 1.807) is 13.8 Å². The molecule has 0 bridgehead atoms. The maximum Gasteiger partial charge on any atom is 0.341 e. The zero-order valence-corrected chi connectivity index (χ0v) is 29.9. The number of carboxylic acids is 1. The number of ether oxygens (including phenoxy) is 1. The van der Waals surface area contributed by atoms with Gasteiger partial charge in [0.2, 0.25) is 0 Å². The molecule has 0 aromatic rings. The summed E-state index contributed by atoms with van der Waals surface area (Å²) < 4.78 is 30.3. The van der Waals surface area contributed by atoms with Crippen LogP contribution in [0.3, 0.4) is 0 Å². The summed E-state index contributed by atoms with van der Waals surface area (Å²) in [7, 11) is -3.64. The van der Waals surface area contributed by atoms with Crippen molar-refractivity contribution in [2.24, 2.45) is 50.2 Å². The maximum absolute atomic E-state index is 13.5. The molecule has 7 atom stereocenters. The molecule has 0 aromatic carbocycles. The highest BCUT2D eigenvalue weighted by Crippen LogP contribution is 2.75. The summed E-state index contributed by atoms with van der Waals surface area (Å²) in [6, 6.07) is 0. The van der Waals surface area contributed by atoms with E-state index in [1.807, 2.05) is 0 Å². The maximum atomic E-state index is 13.5. The highest BCUT2D eigenvalue weighted by atomic mass is 31.2. The van der Waals surface area contributed by atoms with Crippen LogP contribution >= 0.6 is 7.60 Å². The Morgan fingerprint density at radius 3 is 2.20 bits per heavy atom. The number of carbonyl (C=O) groups is 3. The minimum atomic E-state index is -3.64. The van der Waals surface area contributed by atoms with Gasteiger partial charge in [0.1, 0.15) is 18.6 Å². The highest BCUT2D eigenvalue weighted by molar-refractivity contribution is 7.54. The number of Topliss-reactive ketones (excluding diaryl/α,β-unsaturated/α-hetero) is 1. The molecule has 1 N–H and O–H groups in total. The van der Waals surface area contributed by atoms with Crippen LogP contribution in [0.1, 0.15) is 120 Å². The zero-order chi connectivity index (χ0) is 33.3. The number of allylic oxidation sites excluding steroid dienone is 1. The molecule has 4 saturated carbocycles. The number of carbonyl (C=O) groups excluding carboxylic acids is 2. The normalized spacial score (nSPS) is 40.2. The van der Waals surface area contributed by atoms with Gasteiger partial charge in [-0.05, 0) is 106 Å². The molecule has 0 amide bonds. The molecule has 5 aliphatic rings. The first-order chi connectivity index (χ1) is 20.9. The first-order valence-electron chi connectivity index (χ1n) is 17.4. The van der Waals surface area contributed by atoms with Crippen LogP contribution in [0.5, 0.6) is 0 Å². The number of rotatable bonds is 9. The fourth-order valence-corrected chi connectivity index (χ4v) is 12.9. The van der Waals surface area contributed by atoms with Crippen molar-refractivity contribution in [1.29, 1.82) is 0 Å². The smallest absolute Gasteiger partial charge is 0.341 e. The van der Waals surface area contributed by atoms with Crippen molar-refractivity contribution in [3.8, 4) is 0 Å². The van der Waals surface area contributed by atoms with E-state index in [4.69, 9.17) is 13.8 Å². The van der Waals surface area contributed by atoms with Crippen molar-refractivity contribution in [3.05, 3.63) is 11.6 Å². The van der Waals surface area contributed by atoms with E-state index in [1.165, 1.54) is 5.57 Å². The average Bonchev–Trinajstić information content (AvgIpc) is 2.94. The summed E-state index contributed by atoms with van der Waals surface area (Å²) in [6.45, 7) is 17.4. The Labute approximate surface area is 270 Å². The van der Waals surface area contributed by atoms with Gasteiger partial charge in [-0.25, -0.2) is 0 Å². The van der Waals surface area contributed by atoms with Crippen LogP contribution in [0.2, 0.25) is 0 Å². The molecular weight excluding hydrogens is 591 g/mol. The molecule has 5 aliphatic carbocycles. The molecular formula is C36H57O8P. The van der Waals surface area contributed by atoms with E-state index < -0.39 is 41.9 Å². The topological polar surface area (TPSA) is 116 Å². The van der Waals surface area contributed by atoms with Crippen LogP contribution in [0.25, 0.3) is 0 Å². The van der Waals surface area contributed by atoms with Crippen molar-refractivity contribution < 1.29 is 37.8 Å². The quantitative estimate of drug-likeness (QED) is 0.151. The molecule has 254 valence electrons. The monoisotopic (exact) mass is 648 g/mol. The second kappa shape index (κ2) is 11.6. The average molecular weight is 649 g/mol. The second-order valence-electron chi connectivity index (χ2n) is 16.8. The van der Waals surface area contributed by atoms with Crippen LogP contribution in [-0.2, 0) is 32.7 Å². The fraction of sp³-hybridized carbons (Fsp3) is 0.861. The van der Waals surface area contributed by atoms with E-state index in [0.29, 0.717) is 31.5 Å². The van der Waals surface area contributed by atoms with E-state index in [9.17, 15) is 24.1 Å². The van der Waals surface area contributed by atoms with Crippen molar-refractivity contribution in [2.45, 2.75) is 120 Å². The summed E-state index contributed by atoms with van der Waals surface area (Å²) >= 11 is 0. The highest BCUT2D eigenvalue weighted by Gasteiger charge is 2.71. The van der Waals surface area contributed by atoms with Gasteiger partial charge < -0.3 is 18.9 Å². The molecule has 8 nitrogen and oxygen atoms in total. The number of carboxylic acid groups (broad SMARTS) is 1. The SMILES string of the molecule is CCOP(=O)(CC(=O)OC[C@@]12CC[C@@]3(C(=O)O)CCC(C)(C)C[C@H]3C1=CC[C@@H]1[C@@]3(C)CCC(=O)C(C)(C)[C@@H]3CC[C@]12C)OCC. The molecule has 5 rings (SSSR count). The largest absolute Gasteiger partial charge is 0.481 e. The summed E-state index contributed by atoms with van der Waals surface area (Å²) in [5, 5.41) is 10.8. The predicted octanol–water partition coefficient (Wildman–Crippen LogP) is 8.23. The zero-order valence-electron chi connectivity index (χ0n) is 29.0. The standard InChI is InChI=1S/C36H57O8P/c1-9-43-45(41,44-10-2)22-29(38)42-23-36-20-19-35(30(39)40)18-17-31(3,4)21-25(35)24(36)11-12-27-33(7)15-14-28(37)32(5,6)26(33)13-16-34(27,36)8/h11,25-27H,9-10,12-23H2,1-8H3,(H,39,40)/t25-,26-,27+,33-,34+,35-,36-/m0/s1. The van der Waals surface area contributed by atoms with Crippen molar-refractivity contribution >= 4 is 25.3 Å². The first kappa shape index (κ1) is 34.8. The van der Waals surface area contributed by atoms with Gasteiger partial charge in [-0.2, -0.15) is 0 Å². The van der Waals surface area contributed by atoms with Crippen LogP contribution in [0, 0.1) is 50.2 Å². The number of hydrogen-bond donors (Lipinski definition) is 1. The summed E-state index contributed by atoms with van der Waals surface area (Å²) in [4.78, 5) is 39.8. The van der Waals surface area contributed by atoms with E-state index >= 15 is 0 Å². The Morgan fingerprint density at radius 2 is 1.58 bits per heavy atom. The van der Waals surface area contributed by atoms with Gasteiger partial charge >= 0.3 is 19.5 Å². The van der Waals surface area contributed by atoms with Crippen molar-refractivity contribution in [3.63, 3.8) is 0 Å². The Balaban J connectivity index is 1.59. The fourth-order valence-electron chi connectivity index (χ4n) is 11.5. The molecule has 45 heavy (non-hydrogen) atoms. The van der Waals surface area contributed by atoms with Crippen LogP contribution < -0.4 is 0 Å². The third-order valence-corrected chi connectivity index (χ3v) is 15.9. The Hall–Kier alpha value is -1.50. The number of esters is 1. The molecule has 0 saturated heterocycles. The lowest BCUT2D eigenvalue weighted by atomic mass is 9.33. The van der Waals surface area contributed by atoms with Crippen molar-refractivity contribution in [2.75, 3.05) is 26.0 Å². The third kappa shape index (κ3) is 5.32. The lowest BCUT2D eigenvalue weighted by Gasteiger charge is -2.70. The summed E-state index contributed by atoms with van der Waals surface area (Å²) in [5.74, 6) is -0.590. The van der Waals surface area contributed by atoms with Gasteiger partial charge in [0.05, 0.1) is 18.6 Å². The summed E-state index contributed by atoms with van der Waals surface area (Å²) in [6.07, 6.45) is 9.44. The molecule has 0 heterocycles. The molecule has 0 spiro atoms. The van der Waals surface area contributed by atoms with Crippen LogP contribution in [-0.4, -0.2) is 48.8 Å². The van der Waals surface area contributed by atoms with Gasteiger partial charge in [0, 0.05) is 17.3 Å². The number of aliphatic carboxylic acids is 1. The third-order valence-electron chi connectivity index (χ3n) is 13.9. The minimum absolute atomic E-state index is 0.000977. The molecule has 0 radical (unpaired) electrons. The molecule has 0 aromatic heterocycles. The van der Waals surface area contributed by atoms with Gasteiger partial charge in [-0.3, -0.25) is 18.9 Å². The number of fused-ring (bicyclic) bond motifs is 7. The van der Waals surface area contributed by atoms with Crippen LogP contribution in [0.4, 0.5) is 0 Å². The van der Waals surface area contributed by atoms with Crippen LogP contribution in [0.15, 0.2) is 11.6 Å². The van der Waals surface area contributed by atoms with Crippen molar-refractivity contribution in [1.82, 2.24) is 0 Å². The summed E-state index contributed by atoms with van der Waals surface area (Å²) in [5.41, 5.74) is -0.939. The molecule has 9 heteroatoms. The number of hydrogen-bond acceptors (Lipinski definition) is 7. The van der Waals surface area contributed by atoms with Gasteiger partial charge in [0.15, 0.2) is 0 Å². The first-order valence-corrected chi connectivity index (χ1v) is 19.1.